The number of nitrogens with zero attached hydrogens (tertiary/aromatic N) is 2. The average molecular weight is 221 g/mol. The first kappa shape index (κ1) is 11.4. The zero-order chi connectivity index (χ0) is 11.2. The van der Waals surface area contributed by atoms with Crippen molar-refractivity contribution in [2.75, 3.05) is 44.8 Å². The molecule has 0 atom stereocenters. The van der Waals surface area contributed by atoms with Crippen molar-refractivity contribution < 1.29 is 4.74 Å². The number of rotatable bonds is 4. The van der Waals surface area contributed by atoms with Gasteiger partial charge in [0.05, 0.1) is 13.2 Å². The Bertz CT molecular complexity index is 307. The van der Waals surface area contributed by atoms with Crippen LogP contribution >= 0.6 is 0 Å². The largest absolute Gasteiger partial charge is 0.378 e. The molecule has 0 unspecified atom stereocenters. The van der Waals surface area contributed by atoms with Crippen LogP contribution in [0.25, 0.3) is 0 Å². The van der Waals surface area contributed by atoms with Crippen LogP contribution in [0.3, 0.4) is 0 Å². The molecule has 0 amide bonds. The van der Waals surface area contributed by atoms with Crippen LogP contribution in [-0.4, -0.2) is 44.9 Å². The molecule has 16 heavy (non-hydrogen) atoms. The second-order valence-corrected chi connectivity index (χ2v) is 3.98. The van der Waals surface area contributed by atoms with Gasteiger partial charge in [-0.2, -0.15) is 0 Å². The molecule has 2 heterocycles. The summed E-state index contributed by atoms with van der Waals surface area (Å²) in [6, 6.07) is 4.27. The Morgan fingerprint density at radius 1 is 1.38 bits per heavy atom. The van der Waals surface area contributed by atoms with Crippen molar-refractivity contribution in [1.29, 1.82) is 0 Å². The van der Waals surface area contributed by atoms with E-state index in [9.17, 15) is 0 Å². The molecule has 4 heteroatoms. The summed E-state index contributed by atoms with van der Waals surface area (Å²) in [4.78, 5) is 6.77. The maximum absolute atomic E-state index is 5.32. The summed E-state index contributed by atoms with van der Waals surface area (Å²) in [5.41, 5.74) is 1.28. The van der Waals surface area contributed by atoms with Crippen LogP contribution in [-0.2, 0) is 11.2 Å². The Morgan fingerprint density at radius 2 is 2.19 bits per heavy atom. The molecule has 0 aromatic carbocycles. The second-order valence-electron chi connectivity index (χ2n) is 3.98. The lowest BCUT2D eigenvalue weighted by Gasteiger charge is -2.27. The predicted molar refractivity (Wildman–Crippen MR) is 64.9 cm³/mol. The molecule has 1 N–H and O–H groups in total. The van der Waals surface area contributed by atoms with Crippen molar-refractivity contribution in [3.63, 3.8) is 0 Å². The lowest BCUT2D eigenvalue weighted by Crippen LogP contribution is -2.36. The Labute approximate surface area is 96.6 Å². The van der Waals surface area contributed by atoms with Gasteiger partial charge in [-0.1, -0.05) is 6.07 Å². The lowest BCUT2D eigenvalue weighted by atomic mass is 10.2. The van der Waals surface area contributed by atoms with Gasteiger partial charge in [-0.3, -0.25) is 0 Å². The zero-order valence-electron chi connectivity index (χ0n) is 9.78. The quantitative estimate of drug-likeness (QED) is 0.811. The van der Waals surface area contributed by atoms with E-state index in [1.165, 1.54) is 5.56 Å². The van der Waals surface area contributed by atoms with Crippen molar-refractivity contribution in [2.24, 2.45) is 0 Å². The Balaban J connectivity index is 1.95. The van der Waals surface area contributed by atoms with Gasteiger partial charge in [0.2, 0.25) is 0 Å². The van der Waals surface area contributed by atoms with Gasteiger partial charge in [0.1, 0.15) is 5.82 Å². The second kappa shape index (κ2) is 5.82. The minimum absolute atomic E-state index is 0.809. The minimum Gasteiger partial charge on any atom is -0.378 e. The van der Waals surface area contributed by atoms with E-state index >= 15 is 0 Å². The van der Waals surface area contributed by atoms with Gasteiger partial charge in [0.25, 0.3) is 0 Å². The van der Waals surface area contributed by atoms with Gasteiger partial charge in [-0.15, -0.1) is 0 Å². The first-order valence-corrected chi connectivity index (χ1v) is 5.82. The number of hydrogen-bond acceptors (Lipinski definition) is 4. The van der Waals surface area contributed by atoms with E-state index in [2.05, 4.69) is 27.3 Å². The molecule has 1 aliphatic heterocycles. The van der Waals surface area contributed by atoms with Crippen LogP contribution in [0.4, 0.5) is 5.82 Å². The molecule has 88 valence electrons. The Hall–Kier alpha value is -1.13. The van der Waals surface area contributed by atoms with Gasteiger partial charge in [-0.05, 0) is 31.6 Å². The van der Waals surface area contributed by atoms with E-state index in [-0.39, 0.29) is 0 Å². The summed E-state index contributed by atoms with van der Waals surface area (Å²) in [7, 11) is 1.97. The number of pyridine rings is 1. The van der Waals surface area contributed by atoms with Crippen LogP contribution in [0.5, 0.6) is 0 Å². The molecule has 0 aliphatic carbocycles. The first-order chi connectivity index (χ1) is 7.90. The lowest BCUT2D eigenvalue weighted by molar-refractivity contribution is 0.122. The summed E-state index contributed by atoms with van der Waals surface area (Å²) < 4.78 is 5.32. The molecule has 1 fully saturated rings. The monoisotopic (exact) mass is 221 g/mol. The number of ether oxygens (including phenoxy) is 1. The van der Waals surface area contributed by atoms with E-state index in [4.69, 9.17) is 4.74 Å². The average Bonchev–Trinajstić information content (AvgIpc) is 2.38. The van der Waals surface area contributed by atoms with Crippen molar-refractivity contribution in [3.8, 4) is 0 Å². The maximum Gasteiger partial charge on any atom is 0.128 e. The van der Waals surface area contributed by atoms with Gasteiger partial charge >= 0.3 is 0 Å². The molecular formula is C12H19N3O. The fraction of sp³-hybridized carbons (Fsp3) is 0.583. The molecule has 0 spiro atoms. The molecule has 1 aromatic heterocycles. The van der Waals surface area contributed by atoms with E-state index in [0.717, 1.165) is 45.1 Å². The third-order valence-corrected chi connectivity index (χ3v) is 2.81. The maximum atomic E-state index is 5.32. The summed E-state index contributed by atoms with van der Waals surface area (Å²) >= 11 is 0. The van der Waals surface area contributed by atoms with Crippen molar-refractivity contribution in [1.82, 2.24) is 10.3 Å². The topological polar surface area (TPSA) is 37.4 Å². The molecule has 4 nitrogen and oxygen atoms in total. The molecule has 0 radical (unpaired) electrons. The van der Waals surface area contributed by atoms with Gasteiger partial charge < -0.3 is 15.0 Å². The van der Waals surface area contributed by atoms with Crippen LogP contribution < -0.4 is 10.2 Å². The number of hydrogen-bond donors (Lipinski definition) is 1. The minimum atomic E-state index is 0.809. The highest BCUT2D eigenvalue weighted by Crippen LogP contribution is 2.12. The molecule has 0 bridgehead atoms. The number of likely N-dealkylation sites (N-methyl/N-ethyl adjacent to an activating group) is 1. The van der Waals surface area contributed by atoms with Crippen LogP contribution in [0, 0.1) is 0 Å². The number of nitrogens with one attached hydrogen (secondary N) is 1. The van der Waals surface area contributed by atoms with E-state index in [0.29, 0.717) is 0 Å². The standard InChI is InChI=1S/C12H19N3O/c1-13-5-4-11-2-3-12(14-10-11)15-6-8-16-9-7-15/h2-3,10,13H,4-9H2,1H3. The molecule has 1 aromatic rings. The van der Waals surface area contributed by atoms with E-state index < -0.39 is 0 Å². The number of anilines is 1. The highest BCUT2D eigenvalue weighted by Gasteiger charge is 2.11. The van der Waals surface area contributed by atoms with Crippen molar-refractivity contribution in [2.45, 2.75) is 6.42 Å². The fourth-order valence-corrected chi connectivity index (χ4v) is 1.81. The third-order valence-electron chi connectivity index (χ3n) is 2.81. The summed E-state index contributed by atoms with van der Waals surface area (Å²) in [5.74, 6) is 1.07. The zero-order valence-corrected chi connectivity index (χ0v) is 9.78. The molecule has 1 aliphatic rings. The summed E-state index contributed by atoms with van der Waals surface area (Å²) in [5, 5.41) is 3.14. The first-order valence-electron chi connectivity index (χ1n) is 5.82. The molecular weight excluding hydrogens is 202 g/mol. The van der Waals surface area contributed by atoms with Crippen molar-refractivity contribution in [3.05, 3.63) is 23.9 Å². The van der Waals surface area contributed by atoms with E-state index in [1.807, 2.05) is 13.2 Å². The molecule has 0 saturated carbocycles. The third kappa shape index (κ3) is 2.93. The summed E-state index contributed by atoms with van der Waals surface area (Å²) in [6.07, 6.45) is 3.01. The van der Waals surface area contributed by atoms with Crippen LogP contribution in [0.1, 0.15) is 5.56 Å². The smallest absolute Gasteiger partial charge is 0.128 e. The van der Waals surface area contributed by atoms with E-state index in [1.54, 1.807) is 0 Å². The number of morpholine rings is 1. The van der Waals surface area contributed by atoms with Gasteiger partial charge in [0, 0.05) is 19.3 Å². The fourth-order valence-electron chi connectivity index (χ4n) is 1.81. The highest BCUT2D eigenvalue weighted by molar-refractivity contribution is 5.39. The highest BCUT2D eigenvalue weighted by atomic mass is 16.5. The SMILES string of the molecule is CNCCc1ccc(N2CCOCC2)nc1. The van der Waals surface area contributed by atoms with Crippen molar-refractivity contribution >= 4 is 5.82 Å². The Kier molecular flexibility index (Phi) is 4.13. The molecule has 2 rings (SSSR count). The summed E-state index contributed by atoms with van der Waals surface area (Å²) in [6.45, 7) is 4.51. The van der Waals surface area contributed by atoms with Crippen LogP contribution in [0.2, 0.25) is 0 Å². The predicted octanol–water partition coefficient (Wildman–Crippen LogP) is 0.680. The van der Waals surface area contributed by atoms with Gasteiger partial charge in [0.15, 0.2) is 0 Å². The number of aromatic nitrogens is 1. The van der Waals surface area contributed by atoms with Crippen LogP contribution in [0.15, 0.2) is 18.3 Å². The molecule has 1 saturated heterocycles. The Morgan fingerprint density at radius 3 is 2.81 bits per heavy atom. The normalized spacial score (nSPS) is 16.4. The van der Waals surface area contributed by atoms with Gasteiger partial charge in [-0.25, -0.2) is 4.98 Å².